The predicted octanol–water partition coefficient (Wildman–Crippen LogP) is 0.656. The van der Waals surface area contributed by atoms with Crippen molar-refractivity contribution in [1.29, 1.82) is 0 Å². The Labute approximate surface area is 77.4 Å². The summed E-state index contributed by atoms with van der Waals surface area (Å²) in [6.07, 6.45) is 1.93. The molecule has 0 unspecified atom stereocenters. The van der Waals surface area contributed by atoms with Crippen LogP contribution in [0.3, 0.4) is 0 Å². The lowest BCUT2D eigenvalue weighted by atomic mass is 10.4. The number of hydrogen-bond donors (Lipinski definition) is 1. The highest BCUT2D eigenvalue weighted by Crippen LogP contribution is 2.16. The number of nitrogens with one attached hydrogen (secondary N) is 1. The van der Waals surface area contributed by atoms with Crippen molar-refractivity contribution in [3.8, 4) is 5.88 Å². The maximum atomic E-state index is 5.60. The lowest BCUT2D eigenvalue weighted by Gasteiger charge is -2.10. The molecule has 1 aliphatic rings. The van der Waals surface area contributed by atoms with Gasteiger partial charge >= 0.3 is 0 Å². The number of ether oxygens (including phenoxy) is 1. The fourth-order valence-electron chi connectivity index (χ4n) is 1.32. The van der Waals surface area contributed by atoms with E-state index in [-0.39, 0.29) is 6.10 Å². The Balaban J connectivity index is 2.35. The maximum Gasteiger partial charge on any atom is 0.237 e. The number of hydrogen-bond acceptors (Lipinski definition) is 4. The third kappa shape index (κ3) is 1.78. The van der Waals surface area contributed by atoms with Crippen LogP contribution in [0.15, 0.2) is 6.20 Å². The second-order valence-electron chi connectivity index (χ2n) is 3.32. The van der Waals surface area contributed by atoms with Crippen LogP contribution in [0.4, 0.5) is 0 Å². The summed E-state index contributed by atoms with van der Waals surface area (Å²) in [7, 11) is 0. The van der Waals surface area contributed by atoms with Crippen LogP contribution in [-0.4, -0.2) is 22.6 Å². The smallest absolute Gasteiger partial charge is 0.237 e. The molecule has 0 saturated heterocycles. The van der Waals surface area contributed by atoms with Crippen molar-refractivity contribution < 1.29 is 4.74 Å². The van der Waals surface area contributed by atoms with Gasteiger partial charge in [0, 0.05) is 19.3 Å². The molecular weight excluding hydrogens is 166 g/mol. The number of aromatic nitrogens is 2. The second-order valence-corrected chi connectivity index (χ2v) is 3.32. The van der Waals surface area contributed by atoms with Gasteiger partial charge in [0.05, 0.1) is 5.69 Å². The maximum absolute atomic E-state index is 5.60. The van der Waals surface area contributed by atoms with Gasteiger partial charge in [-0.1, -0.05) is 0 Å². The number of fused-ring (bicyclic) bond motifs is 1. The highest BCUT2D eigenvalue weighted by molar-refractivity contribution is 5.20. The Bertz CT molecular complexity index is 314. The van der Waals surface area contributed by atoms with Gasteiger partial charge < -0.3 is 10.1 Å². The number of nitrogens with zero attached hydrogens (tertiary/aromatic N) is 2. The van der Waals surface area contributed by atoms with E-state index in [0.29, 0.717) is 5.88 Å². The molecule has 2 heterocycles. The van der Waals surface area contributed by atoms with E-state index in [0.717, 1.165) is 24.5 Å². The molecule has 4 nitrogen and oxygen atoms in total. The largest absolute Gasteiger partial charge is 0.472 e. The van der Waals surface area contributed by atoms with Crippen LogP contribution in [0.2, 0.25) is 0 Å². The van der Waals surface area contributed by atoms with E-state index >= 15 is 0 Å². The quantitative estimate of drug-likeness (QED) is 0.635. The summed E-state index contributed by atoms with van der Waals surface area (Å²) in [6.45, 7) is 5.52. The SMILES string of the molecule is Cc1cnc2c(n1)O[C@@H](C)CNC2. The normalized spacial score (nSPS) is 21.5. The Kier molecular flexibility index (Phi) is 2.14. The van der Waals surface area contributed by atoms with Gasteiger partial charge in [0.25, 0.3) is 0 Å². The van der Waals surface area contributed by atoms with Crippen molar-refractivity contribution in [1.82, 2.24) is 15.3 Å². The highest BCUT2D eigenvalue weighted by Gasteiger charge is 2.15. The molecule has 0 spiro atoms. The van der Waals surface area contributed by atoms with Crippen LogP contribution in [0.5, 0.6) is 5.88 Å². The van der Waals surface area contributed by atoms with Crippen molar-refractivity contribution in [2.24, 2.45) is 0 Å². The van der Waals surface area contributed by atoms with E-state index in [1.54, 1.807) is 6.20 Å². The van der Waals surface area contributed by atoms with Gasteiger partial charge in [-0.3, -0.25) is 4.98 Å². The molecule has 0 bridgehead atoms. The molecule has 0 radical (unpaired) electrons. The van der Waals surface area contributed by atoms with Crippen LogP contribution in [0.25, 0.3) is 0 Å². The van der Waals surface area contributed by atoms with Gasteiger partial charge in [-0.2, -0.15) is 0 Å². The molecule has 13 heavy (non-hydrogen) atoms. The highest BCUT2D eigenvalue weighted by atomic mass is 16.5. The van der Waals surface area contributed by atoms with Crippen molar-refractivity contribution >= 4 is 0 Å². The third-order valence-electron chi connectivity index (χ3n) is 1.97. The van der Waals surface area contributed by atoms with E-state index in [9.17, 15) is 0 Å². The standard InChI is InChI=1S/C9H13N3O/c1-6-3-11-8-5-10-4-7(2)13-9(8)12-6/h3,7,10H,4-5H2,1-2H3/t7-/m0/s1. The average molecular weight is 179 g/mol. The van der Waals surface area contributed by atoms with Crippen LogP contribution in [0, 0.1) is 6.92 Å². The first-order valence-corrected chi connectivity index (χ1v) is 4.45. The van der Waals surface area contributed by atoms with Gasteiger partial charge in [-0.15, -0.1) is 0 Å². The first-order valence-electron chi connectivity index (χ1n) is 4.45. The fourth-order valence-corrected chi connectivity index (χ4v) is 1.32. The predicted molar refractivity (Wildman–Crippen MR) is 48.6 cm³/mol. The van der Waals surface area contributed by atoms with Crippen molar-refractivity contribution in [2.45, 2.75) is 26.5 Å². The molecule has 1 atom stereocenters. The van der Waals surface area contributed by atoms with Gasteiger partial charge in [0.15, 0.2) is 0 Å². The van der Waals surface area contributed by atoms with E-state index in [2.05, 4.69) is 15.3 Å². The van der Waals surface area contributed by atoms with E-state index in [1.165, 1.54) is 0 Å². The lowest BCUT2D eigenvalue weighted by Crippen LogP contribution is -2.25. The minimum atomic E-state index is 0.164. The first-order chi connectivity index (χ1) is 6.25. The van der Waals surface area contributed by atoms with Gasteiger partial charge in [0.1, 0.15) is 11.8 Å². The minimum absolute atomic E-state index is 0.164. The lowest BCUT2D eigenvalue weighted by molar-refractivity contribution is 0.217. The van der Waals surface area contributed by atoms with Gasteiger partial charge in [-0.05, 0) is 13.8 Å². The van der Waals surface area contributed by atoms with Crippen molar-refractivity contribution in [3.63, 3.8) is 0 Å². The fraction of sp³-hybridized carbons (Fsp3) is 0.556. The monoisotopic (exact) mass is 179 g/mol. The molecule has 4 heteroatoms. The Hall–Kier alpha value is -1.16. The zero-order valence-corrected chi connectivity index (χ0v) is 7.87. The Morgan fingerprint density at radius 2 is 2.46 bits per heavy atom. The topological polar surface area (TPSA) is 47.0 Å². The van der Waals surface area contributed by atoms with Crippen LogP contribution in [0.1, 0.15) is 18.3 Å². The van der Waals surface area contributed by atoms with Crippen molar-refractivity contribution in [2.75, 3.05) is 6.54 Å². The molecule has 0 amide bonds. The molecule has 0 fully saturated rings. The molecule has 70 valence electrons. The molecule has 0 aromatic carbocycles. The molecule has 0 saturated carbocycles. The zero-order valence-electron chi connectivity index (χ0n) is 7.87. The van der Waals surface area contributed by atoms with Crippen LogP contribution >= 0.6 is 0 Å². The summed E-state index contributed by atoms with van der Waals surface area (Å²) in [5.41, 5.74) is 1.79. The van der Waals surface area contributed by atoms with Gasteiger partial charge in [-0.25, -0.2) is 4.98 Å². The van der Waals surface area contributed by atoms with Crippen LogP contribution < -0.4 is 10.1 Å². The third-order valence-corrected chi connectivity index (χ3v) is 1.97. The average Bonchev–Trinajstić information content (AvgIpc) is 2.25. The van der Waals surface area contributed by atoms with E-state index < -0.39 is 0 Å². The molecule has 1 N–H and O–H groups in total. The second kappa shape index (κ2) is 3.30. The summed E-state index contributed by atoms with van der Waals surface area (Å²) in [5.74, 6) is 0.678. The van der Waals surface area contributed by atoms with Crippen molar-refractivity contribution in [3.05, 3.63) is 17.6 Å². The molecule has 1 aromatic heterocycles. The van der Waals surface area contributed by atoms with Gasteiger partial charge in [0.2, 0.25) is 5.88 Å². The first kappa shape index (κ1) is 8.44. The van der Waals surface area contributed by atoms with Crippen LogP contribution in [-0.2, 0) is 6.54 Å². The summed E-state index contributed by atoms with van der Waals surface area (Å²) >= 11 is 0. The van der Waals surface area contributed by atoms with E-state index in [1.807, 2.05) is 13.8 Å². The van der Waals surface area contributed by atoms with E-state index in [4.69, 9.17) is 4.74 Å². The molecule has 1 aromatic rings. The zero-order chi connectivity index (χ0) is 9.26. The summed E-state index contributed by atoms with van der Waals surface area (Å²) in [6, 6.07) is 0. The number of rotatable bonds is 0. The minimum Gasteiger partial charge on any atom is -0.472 e. The molecule has 0 aliphatic carbocycles. The molecule has 2 rings (SSSR count). The summed E-state index contributed by atoms with van der Waals surface area (Å²) < 4.78 is 5.60. The Morgan fingerprint density at radius 1 is 1.62 bits per heavy atom. The number of aryl methyl sites for hydroxylation is 1. The Morgan fingerprint density at radius 3 is 3.31 bits per heavy atom. The molecular formula is C9H13N3O. The molecule has 1 aliphatic heterocycles. The summed E-state index contributed by atoms with van der Waals surface area (Å²) in [4.78, 5) is 8.56. The summed E-state index contributed by atoms with van der Waals surface area (Å²) in [5, 5.41) is 3.25.